The van der Waals surface area contributed by atoms with Gasteiger partial charge >= 0.3 is 6.18 Å². The van der Waals surface area contributed by atoms with Crippen LogP contribution in [0.2, 0.25) is 0 Å². The summed E-state index contributed by atoms with van der Waals surface area (Å²) in [5.74, 6) is 0. The quantitative estimate of drug-likeness (QED) is 0.678. The smallest absolute Gasteiger partial charge is 0.381 e. The van der Waals surface area contributed by atoms with Crippen LogP contribution in [0.5, 0.6) is 0 Å². The van der Waals surface area contributed by atoms with Gasteiger partial charge < -0.3 is 9.47 Å². The number of rotatable bonds is 5. The first-order valence-corrected chi connectivity index (χ1v) is 11.9. The van der Waals surface area contributed by atoms with Crippen LogP contribution in [0.4, 0.5) is 13.2 Å². The van der Waals surface area contributed by atoms with Crippen LogP contribution in [0, 0.1) is 0 Å². The monoisotopic (exact) mass is 458 g/mol. The number of aromatic nitrogens is 2. The summed E-state index contributed by atoms with van der Waals surface area (Å²) in [5, 5.41) is 3.08. The second-order valence-corrected chi connectivity index (χ2v) is 10.4. The van der Waals surface area contributed by atoms with Gasteiger partial charge in [0.2, 0.25) is 0 Å². The number of alkyl halides is 3. The molecule has 0 radical (unpaired) electrons. The van der Waals surface area contributed by atoms with Crippen molar-refractivity contribution in [1.29, 1.82) is 0 Å². The fraction of sp³-hybridized carbons (Fsp3) is 0.571. The van der Waals surface area contributed by atoms with E-state index in [2.05, 4.69) is 5.10 Å². The molecule has 1 aromatic heterocycles. The van der Waals surface area contributed by atoms with E-state index in [-0.39, 0.29) is 30.6 Å². The fourth-order valence-corrected chi connectivity index (χ4v) is 6.33. The molecule has 2 atom stereocenters. The minimum atomic E-state index is -4.79. The SMILES string of the molecule is Cn1cc(-c2ccc(S(=O)(=O)[C@H]3CC[C@H](OC4CCOCC4)C3)c(C(F)(F)F)c2)cn1. The maximum absolute atomic E-state index is 13.8. The van der Waals surface area contributed by atoms with E-state index in [0.717, 1.165) is 25.0 Å². The van der Waals surface area contributed by atoms with Crippen molar-refractivity contribution in [2.45, 2.75) is 60.6 Å². The Labute approximate surface area is 179 Å². The zero-order chi connectivity index (χ0) is 22.2. The van der Waals surface area contributed by atoms with Crippen molar-refractivity contribution in [3.63, 3.8) is 0 Å². The Morgan fingerprint density at radius 1 is 1.10 bits per heavy atom. The standard InChI is InChI=1S/C21H25F3N2O4S/c1-26-13-15(12-25-26)14-2-5-20(19(10-14)21(22,23)24)31(27,28)18-4-3-17(11-18)30-16-6-8-29-9-7-16/h2,5,10,12-13,16-18H,3-4,6-9,11H2,1H3/t17-,18-/m0/s1. The first kappa shape index (κ1) is 22.3. The lowest BCUT2D eigenvalue weighted by Crippen LogP contribution is -2.28. The van der Waals surface area contributed by atoms with Gasteiger partial charge in [0.25, 0.3) is 0 Å². The van der Waals surface area contributed by atoms with Gasteiger partial charge in [0.15, 0.2) is 9.84 Å². The number of sulfone groups is 1. The zero-order valence-corrected chi connectivity index (χ0v) is 18.0. The van der Waals surface area contributed by atoms with Crippen LogP contribution >= 0.6 is 0 Å². The van der Waals surface area contributed by atoms with E-state index >= 15 is 0 Å². The molecule has 0 bridgehead atoms. The summed E-state index contributed by atoms with van der Waals surface area (Å²) in [6.07, 6.45) is 0.519. The molecule has 0 unspecified atom stereocenters. The predicted molar refractivity (Wildman–Crippen MR) is 107 cm³/mol. The molecule has 1 aromatic carbocycles. The Morgan fingerprint density at radius 2 is 1.84 bits per heavy atom. The maximum Gasteiger partial charge on any atom is 0.417 e. The molecule has 1 aliphatic carbocycles. The van der Waals surface area contributed by atoms with E-state index in [1.807, 2.05) is 0 Å². The highest BCUT2D eigenvalue weighted by molar-refractivity contribution is 7.92. The third kappa shape index (κ3) is 4.80. The molecular weight excluding hydrogens is 433 g/mol. The molecule has 2 aromatic rings. The van der Waals surface area contributed by atoms with E-state index in [9.17, 15) is 21.6 Å². The highest BCUT2D eigenvalue weighted by Gasteiger charge is 2.43. The van der Waals surface area contributed by atoms with Gasteiger partial charge in [0, 0.05) is 32.0 Å². The van der Waals surface area contributed by atoms with E-state index in [1.54, 1.807) is 13.2 Å². The van der Waals surface area contributed by atoms with Gasteiger partial charge in [-0.1, -0.05) is 6.07 Å². The van der Waals surface area contributed by atoms with Crippen LogP contribution < -0.4 is 0 Å². The topological polar surface area (TPSA) is 70.4 Å². The number of halogens is 3. The molecule has 1 saturated carbocycles. The van der Waals surface area contributed by atoms with Gasteiger partial charge in [-0.15, -0.1) is 0 Å². The second-order valence-electron chi connectivity index (χ2n) is 8.16. The van der Waals surface area contributed by atoms with Crippen LogP contribution in [-0.4, -0.2) is 48.9 Å². The average molecular weight is 459 g/mol. The third-order valence-electron chi connectivity index (χ3n) is 5.96. The van der Waals surface area contributed by atoms with Gasteiger partial charge in [-0.2, -0.15) is 18.3 Å². The zero-order valence-electron chi connectivity index (χ0n) is 17.1. The highest BCUT2D eigenvalue weighted by Crippen LogP contribution is 2.41. The summed E-state index contributed by atoms with van der Waals surface area (Å²) >= 11 is 0. The summed E-state index contributed by atoms with van der Waals surface area (Å²) in [6.45, 7) is 1.22. The lowest BCUT2D eigenvalue weighted by molar-refractivity contribution is -0.139. The maximum atomic E-state index is 13.8. The fourth-order valence-electron chi connectivity index (χ4n) is 4.32. The highest BCUT2D eigenvalue weighted by atomic mass is 32.2. The summed E-state index contributed by atoms with van der Waals surface area (Å²) in [6, 6.07) is 3.38. The molecule has 1 aliphatic heterocycles. The lowest BCUT2D eigenvalue weighted by atomic mass is 10.1. The number of ether oxygens (including phenoxy) is 2. The molecule has 170 valence electrons. The van der Waals surface area contributed by atoms with Crippen LogP contribution in [0.25, 0.3) is 11.1 Å². The summed E-state index contributed by atoms with van der Waals surface area (Å²) in [7, 11) is -2.51. The molecule has 6 nitrogen and oxygen atoms in total. The molecule has 0 amide bonds. The Morgan fingerprint density at radius 3 is 2.48 bits per heavy atom. The van der Waals surface area contributed by atoms with Crippen molar-refractivity contribution in [1.82, 2.24) is 9.78 Å². The molecular formula is C21H25F3N2O4S. The number of hydrogen-bond donors (Lipinski definition) is 0. The molecule has 2 aliphatic rings. The number of hydrogen-bond acceptors (Lipinski definition) is 5. The molecule has 0 N–H and O–H groups in total. The van der Waals surface area contributed by atoms with Crippen LogP contribution in [-0.2, 0) is 32.5 Å². The molecule has 10 heteroatoms. The summed E-state index contributed by atoms with van der Waals surface area (Å²) < 4.78 is 80.7. The van der Waals surface area contributed by atoms with Crippen molar-refractivity contribution in [2.24, 2.45) is 7.05 Å². The normalized spacial score (nSPS) is 23.4. The molecule has 4 rings (SSSR count). The van der Waals surface area contributed by atoms with Gasteiger partial charge in [0.1, 0.15) is 0 Å². The van der Waals surface area contributed by atoms with Crippen molar-refractivity contribution in [2.75, 3.05) is 13.2 Å². The van der Waals surface area contributed by atoms with Crippen LogP contribution in [0.1, 0.15) is 37.7 Å². The Hall–Kier alpha value is -1.91. The van der Waals surface area contributed by atoms with Crippen molar-refractivity contribution in [3.8, 4) is 11.1 Å². The minimum absolute atomic E-state index is 0.0182. The van der Waals surface area contributed by atoms with Gasteiger partial charge in [0.05, 0.1) is 34.1 Å². The first-order valence-electron chi connectivity index (χ1n) is 10.3. The average Bonchev–Trinajstić information content (AvgIpc) is 3.37. The van der Waals surface area contributed by atoms with Crippen LogP contribution in [0.15, 0.2) is 35.5 Å². The summed E-state index contributed by atoms with van der Waals surface area (Å²) in [4.78, 5) is -0.663. The van der Waals surface area contributed by atoms with Crippen molar-refractivity contribution < 1.29 is 31.1 Å². The number of aryl methyl sites for hydroxylation is 1. The van der Waals surface area contributed by atoms with Crippen molar-refractivity contribution in [3.05, 3.63) is 36.2 Å². The Kier molecular flexibility index (Phi) is 6.15. The Balaban J connectivity index is 1.58. The third-order valence-corrected chi connectivity index (χ3v) is 8.23. The van der Waals surface area contributed by atoms with E-state index in [4.69, 9.17) is 9.47 Å². The summed E-state index contributed by atoms with van der Waals surface area (Å²) in [5.41, 5.74) is -0.378. The van der Waals surface area contributed by atoms with Gasteiger partial charge in [-0.25, -0.2) is 8.42 Å². The molecule has 31 heavy (non-hydrogen) atoms. The number of benzene rings is 1. The van der Waals surface area contributed by atoms with Crippen LogP contribution in [0.3, 0.4) is 0 Å². The van der Waals surface area contributed by atoms with E-state index in [0.29, 0.717) is 25.2 Å². The van der Waals surface area contributed by atoms with Crippen molar-refractivity contribution >= 4 is 9.84 Å². The number of nitrogens with zero attached hydrogens (tertiary/aromatic N) is 2. The van der Waals surface area contributed by atoms with E-state index < -0.39 is 31.7 Å². The minimum Gasteiger partial charge on any atom is -0.381 e. The molecule has 0 spiro atoms. The Bertz CT molecular complexity index is 1030. The molecule has 2 fully saturated rings. The largest absolute Gasteiger partial charge is 0.417 e. The second kappa shape index (κ2) is 8.55. The van der Waals surface area contributed by atoms with Gasteiger partial charge in [-0.3, -0.25) is 4.68 Å². The predicted octanol–water partition coefficient (Wildman–Crippen LogP) is 4.00. The first-order chi connectivity index (χ1) is 14.6. The molecule has 1 saturated heterocycles. The molecule has 2 heterocycles. The van der Waals surface area contributed by atoms with Gasteiger partial charge in [-0.05, 0) is 49.8 Å². The van der Waals surface area contributed by atoms with E-state index in [1.165, 1.54) is 16.9 Å². The lowest BCUT2D eigenvalue weighted by Gasteiger charge is -2.26.